The van der Waals surface area contributed by atoms with Crippen LogP contribution in [0.15, 0.2) is 12.1 Å². The molecule has 1 aromatic rings. The molecule has 1 heterocycles. The molecular formula is C12H18ClN3. The molecule has 4 heteroatoms. The van der Waals surface area contributed by atoms with Crippen molar-refractivity contribution in [3.63, 3.8) is 0 Å². The van der Waals surface area contributed by atoms with Gasteiger partial charge in [0.2, 0.25) is 0 Å². The molecule has 0 bridgehead atoms. The van der Waals surface area contributed by atoms with Gasteiger partial charge in [-0.2, -0.15) is 0 Å². The van der Waals surface area contributed by atoms with Gasteiger partial charge in [-0.05, 0) is 50.6 Å². The van der Waals surface area contributed by atoms with Gasteiger partial charge in [-0.1, -0.05) is 11.6 Å². The maximum Gasteiger partial charge on any atom is 0.0591 e. The number of rotatable bonds is 2. The normalized spacial score (nSPS) is 17.4. The average molecular weight is 240 g/mol. The van der Waals surface area contributed by atoms with Crippen LogP contribution in [0.25, 0.3) is 0 Å². The van der Waals surface area contributed by atoms with E-state index in [-0.39, 0.29) is 0 Å². The summed E-state index contributed by atoms with van der Waals surface area (Å²) in [5, 5.41) is 7.58. The second kappa shape index (κ2) is 4.93. The van der Waals surface area contributed by atoms with Gasteiger partial charge in [0.15, 0.2) is 0 Å². The van der Waals surface area contributed by atoms with Gasteiger partial charge in [0, 0.05) is 11.1 Å². The van der Waals surface area contributed by atoms with Crippen LogP contribution in [0.5, 0.6) is 0 Å². The predicted molar refractivity (Wildman–Crippen MR) is 70.1 cm³/mol. The molecule has 16 heavy (non-hydrogen) atoms. The molecule has 0 atom stereocenters. The quantitative estimate of drug-likeness (QED) is 0.695. The van der Waals surface area contributed by atoms with E-state index in [4.69, 9.17) is 17.3 Å². The van der Waals surface area contributed by atoms with Gasteiger partial charge in [0.05, 0.1) is 11.4 Å². The zero-order valence-corrected chi connectivity index (χ0v) is 10.3. The summed E-state index contributed by atoms with van der Waals surface area (Å²) in [6, 6.07) is 4.35. The van der Waals surface area contributed by atoms with E-state index in [1.54, 1.807) is 0 Å². The molecule has 1 saturated heterocycles. The number of benzene rings is 1. The minimum absolute atomic E-state index is 0.502. The summed E-state index contributed by atoms with van der Waals surface area (Å²) in [6.45, 7) is 4.10. The zero-order valence-electron chi connectivity index (χ0n) is 9.52. The van der Waals surface area contributed by atoms with Crippen molar-refractivity contribution in [2.45, 2.75) is 25.8 Å². The van der Waals surface area contributed by atoms with E-state index in [0.717, 1.165) is 47.9 Å². The van der Waals surface area contributed by atoms with Gasteiger partial charge in [0.1, 0.15) is 0 Å². The number of nitrogens with one attached hydrogen (secondary N) is 2. The second-order valence-corrected chi connectivity index (χ2v) is 4.76. The first-order valence-electron chi connectivity index (χ1n) is 5.69. The van der Waals surface area contributed by atoms with E-state index in [1.807, 2.05) is 19.1 Å². The van der Waals surface area contributed by atoms with Crippen molar-refractivity contribution in [1.82, 2.24) is 5.32 Å². The largest absolute Gasteiger partial charge is 0.397 e. The first-order valence-corrected chi connectivity index (χ1v) is 6.07. The standard InChI is InChI=1S/C12H18ClN3/c1-8-6-11(14)12(7-10(8)13)16-9-2-4-15-5-3-9/h6-7,9,15-16H,2-5,14H2,1H3. The Kier molecular flexibility index (Phi) is 3.56. The number of hydrogen-bond acceptors (Lipinski definition) is 3. The fraction of sp³-hybridized carbons (Fsp3) is 0.500. The lowest BCUT2D eigenvalue weighted by Gasteiger charge is -2.25. The third-order valence-electron chi connectivity index (χ3n) is 3.03. The molecular weight excluding hydrogens is 222 g/mol. The van der Waals surface area contributed by atoms with E-state index in [2.05, 4.69) is 10.6 Å². The molecule has 1 aromatic carbocycles. The number of nitrogens with two attached hydrogens (primary N) is 1. The summed E-state index contributed by atoms with van der Waals surface area (Å²) in [5.74, 6) is 0. The van der Waals surface area contributed by atoms with E-state index >= 15 is 0 Å². The molecule has 1 aliphatic rings. The van der Waals surface area contributed by atoms with Crippen molar-refractivity contribution < 1.29 is 0 Å². The van der Waals surface area contributed by atoms with Crippen molar-refractivity contribution in [2.75, 3.05) is 24.1 Å². The van der Waals surface area contributed by atoms with Crippen LogP contribution >= 0.6 is 11.6 Å². The van der Waals surface area contributed by atoms with Gasteiger partial charge in [-0.25, -0.2) is 0 Å². The fourth-order valence-electron chi connectivity index (χ4n) is 2.02. The Bertz CT molecular complexity index is 373. The maximum absolute atomic E-state index is 6.10. The highest BCUT2D eigenvalue weighted by molar-refractivity contribution is 6.31. The molecule has 1 fully saturated rings. The third kappa shape index (κ3) is 2.60. The van der Waals surface area contributed by atoms with E-state index < -0.39 is 0 Å². The minimum atomic E-state index is 0.502. The molecule has 88 valence electrons. The Hall–Kier alpha value is -0.930. The SMILES string of the molecule is Cc1cc(N)c(NC2CCNCC2)cc1Cl. The summed E-state index contributed by atoms with van der Waals surface area (Å²) in [5.41, 5.74) is 8.73. The first-order chi connectivity index (χ1) is 7.66. The molecule has 0 aliphatic carbocycles. The summed E-state index contributed by atoms with van der Waals surface area (Å²) < 4.78 is 0. The van der Waals surface area contributed by atoms with Crippen LogP contribution in [0.3, 0.4) is 0 Å². The molecule has 0 saturated carbocycles. The molecule has 0 unspecified atom stereocenters. The Morgan fingerprint density at radius 1 is 1.38 bits per heavy atom. The van der Waals surface area contributed by atoms with E-state index in [0.29, 0.717) is 6.04 Å². The molecule has 1 aliphatic heterocycles. The Morgan fingerprint density at radius 2 is 2.06 bits per heavy atom. The number of aryl methyl sites for hydroxylation is 1. The van der Waals surface area contributed by atoms with Gasteiger partial charge in [0.25, 0.3) is 0 Å². The van der Waals surface area contributed by atoms with Crippen LogP contribution in [-0.2, 0) is 0 Å². The average Bonchev–Trinajstić information content (AvgIpc) is 2.27. The Labute approximate surface area is 101 Å². The molecule has 0 amide bonds. The molecule has 4 N–H and O–H groups in total. The summed E-state index contributed by atoms with van der Waals surface area (Å²) in [4.78, 5) is 0. The lowest BCUT2D eigenvalue weighted by atomic mass is 10.1. The third-order valence-corrected chi connectivity index (χ3v) is 3.44. The molecule has 0 aromatic heterocycles. The monoisotopic (exact) mass is 239 g/mol. The van der Waals surface area contributed by atoms with Crippen molar-refractivity contribution in [1.29, 1.82) is 0 Å². The van der Waals surface area contributed by atoms with Crippen LogP contribution in [0.4, 0.5) is 11.4 Å². The summed E-state index contributed by atoms with van der Waals surface area (Å²) in [6.07, 6.45) is 2.26. The van der Waals surface area contributed by atoms with Gasteiger partial charge >= 0.3 is 0 Å². The van der Waals surface area contributed by atoms with Gasteiger partial charge < -0.3 is 16.4 Å². The lowest BCUT2D eigenvalue weighted by molar-refractivity contribution is 0.479. The maximum atomic E-state index is 6.10. The van der Waals surface area contributed by atoms with Gasteiger partial charge in [-0.15, -0.1) is 0 Å². The van der Waals surface area contributed by atoms with Crippen molar-refractivity contribution in [3.05, 3.63) is 22.7 Å². The molecule has 2 rings (SSSR count). The highest BCUT2D eigenvalue weighted by Crippen LogP contribution is 2.28. The number of halogens is 1. The first kappa shape index (κ1) is 11.6. The summed E-state index contributed by atoms with van der Waals surface area (Å²) in [7, 11) is 0. The number of nitrogen functional groups attached to an aromatic ring is 1. The van der Waals surface area contributed by atoms with Crippen molar-refractivity contribution >= 4 is 23.0 Å². The van der Waals surface area contributed by atoms with Crippen LogP contribution < -0.4 is 16.4 Å². The van der Waals surface area contributed by atoms with E-state index in [1.165, 1.54) is 0 Å². The highest BCUT2D eigenvalue weighted by atomic mass is 35.5. The van der Waals surface area contributed by atoms with E-state index in [9.17, 15) is 0 Å². The van der Waals surface area contributed by atoms with Crippen molar-refractivity contribution in [2.24, 2.45) is 0 Å². The topological polar surface area (TPSA) is 50.1 Å². The van der Waals surface area contributed by atoms with Gasteiger partial charge in [-0.3, -0.25) is 0 Å². The molecule has 3 nitrogen and oxygen atoms in total. The molecule has 0 spiro atoms. The zero-order chi connectivity index (χ0) is 11.5. The second-order valence-electron chi connectivity index (χ2n) is 4.36. The Balaban J connectivity index is 2.11. The van der Waals surface area contributed by atoms with Crippen LogP contribution in [-0.4, -0.2) is 19.1 Å². The van der Waals surface area contributed by atoms with Crippen molar-refractivity contribution in [3.8, 4) is 0 Å². The van der Waals surface area contributed by atoms with Crippen LogP contribution in [0.1, 0.15) is 18.4 Å². The molecule has 0 radical (unpaired) electrons. The predicted octanol–water partition coefficient (Wildman–Crippen LogP) is 2.39. The van der Waals surface area contributed by atoms with Crippen LogP contribution in [0.2, 0.25) is 5.02 Å². The Morgan fingerprint density at radius 3 is 2.75 bits per heavy atom. The minimum Gasteiger partial charge on any atom is -0.397 e. The lowest BCUT2D eigenvalue weighted by Crippen LogP contribution is -2.35. The summed E-state index contributed by atoms with van der Waals surface area (Å²) >= 11 is 6.10. The number of piperidine rings is 1. The smallest absolute Gasteiger partial charge is 0.0591 e. The fourth-order valence-corrected chi connectivity index (χ4v) is 2.18. The highest BCUT2D eigenvalue weighted by Gasteiger charge is 2.14. The number of hydrogen-bond donors (Lipinski definition) is 3. The number of anilines is 2. The van der Waals surface area contributed by atoms with Crippen LogP contribution in [0, 0.1) is 6.92 Å².